The topological polar surface area (TPSA) is 130 Å². The molecule has 0 saturated carbocycles. The average molecular weight is 491 g/mol. The van der Waals surface area contributed by atoms with Crippen molar-refractivity contribution < 1.29 is 32.6 Å². The van der Waals surface area contributed by atoms with Crippen molar-refractivity contribution in [2.45, 2.75) is 29.3 Å². The third kappa shape index (κ3) is 5.55. The lowest BCUT2D eigenvalue weighted by Gasteiger charge is -2.48. The van der Waals surface area contributed by atoms with Gasteiger partial charge < -0.3 is 20.1 Å². The van der Waals surface area contributed by atoms with Gasteiger partial charge in [-0.05, 0) is 36.8 Å². The van der Waals surface area contributed by atoms with Gasteiger partial charge >= 0.3 is 5.97 Å². The van der Waals surface area contributed by atoms with Crippen LogP contribution < -0.4 is 10.1 Å². The number of aliphatic carboxylic acids is 1. The lowest BCUT2D eigenvalue weighted by Crippen LogP contribution is -2.73. The predicted octanol–water partition coefficient (Wildman–Crippen LogP) is 1.87. The summed E-state index contributed by atoms with van der Waals surface area (Å²) in [4.78, 5) is 37.9. The van der Waals surface area contributed by atoms with E-state index in [1.807, 2.05) is 0 Å². The highest BCUT2D eigenvalue weighted by atomic mass is 33.1. The molecule has 2 aromatic carbocycles. The van der Waals surface area contributed by atoms with Crippen molar-refractivity contribution in [3.63, 3.8) is 0 Å². The third-order valence-corrected chi connectivity index (χ3v) is 8.47. The summed E-state index contributed by atoms with van der Waals surface area (Å²) in [7, 11) is -3.57. The first-order chi connectivity index (χ1) is 15.6. The van der Waals surface area contributed by atoms with E-state index in [0.717, 1.165) is 4.90 Å². The molecule has 1 aliphatic heterocycles. The van der Waals surface area contributed by atoms with Crippen LogP contribution in [0.1, 0.15) is 6.92 Å². The van der Waals surface area contributed by atoms with Crippen LogP contribution in [0.4, 0.5) is 0 Å². The van der Waals surface area contributed by atoms with Crippen LogP contribution in [-0.4, -0.2) is 60.3 Å². The van der Waals surface area contributed by atoms with Gasteiger partial charge in [0.25, 0.3) is 5.91 Å². The molecule has 1 saturated heterocycles. The minimum Gasteiger partial charge on any atom is -0.484 e. The van der Waals surface area contributed by atoms with Crippen LogP contribution in [0, 0.1) is 0 Å². The highest BCUT2D eigenvalue weighted by molar-refractivity contribution is 8.72. The molecule has 0 aliphatic carbocycles. The number of hydrogen-bond acceptors (Lipinski definition) is 7. The molecule has 2 amide bonds. The number of amides is 2. The molecule has 3 rings (SSSR count). The van der Waals surface area contributed by atoms with Crippen LogP contribution in [0.25, 0.3) is 0 Å². The van der Waals surface area contributed by atoms with Crippen molar-refractivity contribution >= 4 is 37.4 Å². The number of ether oxygens (including phenoxy) is 1. The second-order valence-electron chi connectivity index (χ2n) is 7.23. The number of nitrogens with zero attached hydrogens (tertiary/aromatic N) is 1. The molecule has 1 aliphatic rings. The smallest absolute Gasteiger partial charge is 0.330 e. The first kappa shape index (κ1) is 24.3. The second-order valence-corrected chi connectivity index (χ2v) is 11.2. The Hall–Kier alpha value is -3.31. The Kier molecular flexibility index (Phi) is 7.44. The maximum atomic E-state index is 12.9. The molecule has 1 heterocycles. The Morgan fingerprint density at radius 1 is 1.15 bits per heavy atom. The first-order valence-electron chi connectivity index (χ1n) is 9.78. The van der Waals surface area contributed by atoms with Gasteiger partial charge in [0.2, 0.25) is 14.8 Å². The predicted molar refractivity (Wildman–Crippen MR) is 122 cm³/mol. The molecule has 174 valence electrons. The van der Waals surface area contributed by atoms with Crippen LogP contribution in [0.3, 0.4) is 0 Å². The summed E-state index contributed by atoms with van der Waals surface area (Å²) < 4.78 is 31.2. The number of carboxylic acids is 1. The van der Waals surface area contributed by atoms with E-state index in [1.54, 1.807) is 48.5 Å². The van der Waals surface area contributed by atoms with E-state index in [9.17, 15) is 27.9 Å². The lowest BCUT2D eigenvalue weighted by atomic mass is 9.99. The summed E-state index contributed by atoms with van der Waals surface area (Å²) in [5.74, 6) is -2.28. The van der Waals surface area contributed by atoms with E-state index in [-0.39, 0.29) is 10.5 Å². The van der Waals surface area contributed by atoms with E-state index < -0.39 is 50.7 Å². The van der Waals surface area contributed by atoms with E-state index in [2.05, 4.69) is 11.9 Å². The Morgan fingerprint density at radius 2 is 1.73 bits per heavy atom. The Morgan fingerprint density at radius 3 is 2.27 bits per heavy atom. The molecular formula is C22H22N2O7S2. The van der Waals surface area contributed by atoms with Gasteiger partial charge in [-0.1, -0.05) is 43.0 Å². The van der Waals surface area contributed by atoms with Crippen molar-refractivity contribution in [2.24, 2.45) is 0 Å². The van der Waals surface area contributed by atoms with Crippen molar-refractivity contribution in [1.82, 2.24) is 10.2 Å². The zero-order valence-electron chi connectivity index (χ0n) is 17.6. The zero-order chi connectivity index (χ0) is 24.2. The van der Waals surface area contributed by atoms with Gasteiger partial charge in [-0.3, -0.25) is 9.59 Å². The third-order valence-electron chi connectivity index (χ3n) is 4.75. The quantitative estimate of drug-likeness (QED) is 0.293. The van der Waals surface area contributed by atoms with E-state index in [4.69, 9.17) is 4.74 Å². The molecule has 2 N–H and O–H groups in total. The van der Waals surface area contributed by atoms with Crippen LogP contribution >= 0.6 is 10.8 Å². The van der Waals surface area contributed by atoms with Gasteiger partial charge in [0.15, 0.2) is 12.6 Å². The van der Waals surface area contributed by atoms with E-state index in [1.165, 1.54) is 19.1 Å². The van der Waals surface area contributed by atoms with Crippen LogP contribution in [0.5, 0.6) is 5.75 Å². The molecule has 33 heavy (non-hydrogen) atoms. The molecule has 11 heteroatoms. The Bertz CT molecular complexity index is 1140. The number of nitrogens with one attached hydrogen (secondary N) is 1. The molecular weight excluding hydrogens is 468 g/mol. The van der Waals surface area contributed by atoms with Gasteiger partial charge in [0.1, 0.15) is 17.2 Å². The van der Waals surface area contributed by atoms with Crippen molar-refractivity contribution in [3.8, 4) is 5.75 Å². The van der Waals surface area contributed by atoms with E-state index in [0.29, 0.717) is 16.5 Å². The number of para-hydroxylation sites is 1. The van der Waals surface area contributed by atoms with E-state index >= 15 is 0 Å². The number of hydrogen-bond donors (Lipinski definition) is 2. The summed E-state index contributed by atoms with van der Waals surface area (Å²) in [5, 5.41) is 10.9. The van der Waals surface area contributed by atoms with Gasteiger partial charge in [-0.2, -0.15) is 0 Å². The fourth-order valence-corrected chi connectivity index (χ4v) is 6.75. The Balaban J connectivity index is 1.80. The fraction of sp³-hybridized carbons (Fsp3) is 0.227. The monoisotopic (exact) mass is 490 g/mol. The van der Waals surface area contributed by atoms with Crippen LogP contribution in [0.15, 0.2) is 77.7 Å². The molecule has 3 unspecified atom stereocenters. The summed E-state index contributed by atoms with van der Waals surface area (Å²) in [6, 6.07) is 13.4. The molecule has 0 spiro atoms. The molecule has 9 nitrogen and oxygen atoms in total. The van der Waals surface area contributed by atoms with Gasteiger partial charge in [0, 0.05) is 10.8 Å². The lowest BCUT2D eigenvalue weighted by molar-refractivity contribution is -0.159. The SMILES string of the molecule is C=C(C)C(C(=O)O)N1C(=O)C(NC(=O)COc2ccccc2)C1SS(=O)(=O)c1ccccc1. The number of carbonyl (C=O) groups is 3. The molecule has 3 atom stereocenters. The van der Waals surface area contributed by atoms with Crippen LogP contribution in [0.2, 0.25) is 0 Å². The second kappa shape index (κ2) is 10.1. The number of carboxylic acid groups (broad SMARTS) is 1. The molecule has 0 aromatic heterocycles. The summed E-state index contributed by atoms with van der Waals surface area (Å²) in [6.07, 6.45) is 0. The van der Waals surface area contributed by atoms with Gasteiger partial charge in [-0.15, -0.1) is 0 Å². The highest BCUT2D eigenvalue weighted by Gasteiger charge is 2.55. The van der Waals surface area contributed by atoms with Gasteiger partial charge in [-0.25, -0.2) is 13.2 Å². The number of rotatable bonds is 10. The first-order valence-corrected chi connectivity index (χ1v) is 12.7. The zero-order valence-corrected chi connectivity index (χ0v) is 19.2. The minimum atomic E-state index is -3.97. The van der Waals surface area contributed by atoms with Crippen LogP contribution in [-0.2, 0) is 23.3 Å². The summed E-state index contributed by atoms with van der Waals surface area (Å²) >= 11 is 0. The summed E-state index contributed by atoms with van der Waals surface area (Å²) in [5.41, 5.74) is 0.149. The maximum Gasteiger partial charge on any atom is 0.330 e. The number of likely N-dealkylation sites (tertiary alicyclic amines) is 1. The molecule has 0 bridgehead atoms. The molecule has 1 fully saturated rings. The number of β-lactam (4-membered cyclic amide) rings is 1. The maximum absolute atomic E-state index is 12.9. The standard InChI is InChI=1S/C22H22N2O7S2/c1-14(2)19(22(27)28)24-20(26)18(23-17(25)13-31-15-9-5-3-6-10-15)21(24)32-33(29,30)16-11-7-4-8-12-16/h3-12,18-19,21H,1,13H2,2H3,(H,23,25)(H,27,28). The van der Waals surface area contributed by atoms with Gasteiger partial charge in [0.05, 0.1) is 4.90 Å². The number of carbonyl (C=O) groups excluding carboxylic acids is 2. The number of benzene rings is 2. The fourth-order valence-electron chi connectivity index (χ4n) is 3.22. The Labute approximate surface area is 194 Å². The van der Waals surface area contributed by atoms with Crippen molar-refractivity contribution in [2.75, 3.05) is 6.61 Å². The summed E-state index contributed by atoms with van der Waals surface area (Å²) in [6.45, 7) is 4.64. The molecule has 2 aromatic rings. The largest absolute Gasteiger partial charge is 0.484 e. The minimum absolute atomic E-state index is 0.00557. The highest BCUT2D eigenvalue weighted by Crippen LogP contribution is 2.39. The van der Waals surface area contributed by atoms with Crippen molar-refractivity contribution in [1.29, 1.82) is 0 Å². The average Bonchev–Trinajstić information content (AvgIpc) is 2.79. The molecule has 0 radical (unpaired) electrons. The van der Waals surface area contributed by atoms with Crippen molar-refractivity contribution in [3.05, 3.63) is 72.8 Å². The normalized spacial score (nSPS) is 18.7.